The Labute approximate surface area is 117 Å². The highest BCUT2D eigenvalue weighted by Crippen LogP contribution is 2.30. The van der Waals surface area contributed by atoms with Gasteiger partial charge in [0.05, 0.1) is 17.7 Å². The summed E-state index contributed by atoms with van der Waals surface area (Å²) in [5.41, 5.74) is 5.76. The molecule has 0 fully saturated rings. The molecule has 2 atom stereocenters. The van der Waals surface area contributed by atoms with Crippen LogP contribution in [0.2, 0.25) is 0 Å². The number of hydrogen-bond acceptors (Lipinski definition) is 3. The van der Waals surface area contributed by atoms with Crippen LogP contribution >= 0.6 is 0 Å². The van der Waals surface area contributed by atoms with Crippen LogP contribution in [0.5, 0.6) is 0 Å². The predicted octanol–water partition coefficient (Wildman–Crippen LogP) is 2.40. The standard InChI is InChI=1S/C16H16N2O2/c1-11(12-5-3-2-4-6-12)18-15-8-7-13(16(19)20)9-14(15)10-17-18/h2-11,15,17H,1H3,(H,19,20). The van der Waals surface area contributed by atoms with E-state index in [-0.39, 0.29) is 12.1 Å². The fraction of sp³-hybridized carbons (Fsp3) is 0.188. The number of carboxylic acid groups (broad SMARTS) is 1. The first-order valence-electron chi connectivity index (χ1n) is 6.59. The number of rotatable bonds is 3. The molecular weight excluding hydrogens is 252 g/mol. The summed E-state index contributed by atoms with van der Waals surface area (Å²) < 4.78 is 0. The lowest BCUT2D eigenvalue weighted by Gasteiger charge is -2.31. The Kier molecular flexibility index (Phi) is 3.16. The Morgan fingerprint density at radius 3 is 2.80 bits per heavy atom. The summed E-state index contributed by atoms with van der Waals surface area (Å²) in [6.45, 7) is 2.13. The van der Waals surface area contributed by atoms with Gasteiger partial charge in [-0.2, -0.15) is 0 Å². The molecule has 0 radical (unpaired) electrons. The zero-order valence-corrected chi connectivity index (χ0v) is 11.2. The zero-order chi connectivity index (χ0) is 14.1. The van der Waals surface area contributed by atoms with Crippen molar-refractivity contribution < 1.29 is 9.90 Å². The summed E-state index contributed by atoms with van der Waals surface area (Å²) in [7, 11) is 0. The average Bonchev–Trinajstić information content (AvgIpc) is 2.90. The summed E-state index contributed by atoms with van der Waals surface area (Å²) in [6, 6.07) is 10.5. The quantitative estimate of drug-likeness (QED) is 0.884. The van der Waals surface area contributed by atoms with Gasteiger partial charge in [-0.25, -0.2) is 9.80 Å². The number of nitrogens with zero attached hydrogens (tertiary/aromatic N) is 1. The summed E-state index contributed by atoms with van der Waals surface area (Å²) >= 11 is 0. The van der Waals surface area contributed by atoms with Crippen molar-refractivity contribution in [3.05, 3.63) is 71.5 Å². The Morgan fingerprint density at radius 2 is 2.10 bits per heavy atom. The number of carboxylic acids is 1. The number of nitrogens with one attached hydrogen (secondary N) is 1. The minimum atomic E-state index is -0.893. The zero-order valence-electron chi connectivity index (χ0n) is 11.2. The van der Waals surface area contributed by atoms with E-state index in [1.54, 1.807) is 12.2 Å². The van der Waals surface area contributed by atoms with Crippen molar-refractivity contribution in [3.8, 4) is 0 Å². The Morgan fingerprint density at radius 1 is 1.35 bits per heavy atom. The van der Waals surface area contributed by atoms with E-state index in [1.165, 1.54) is 5.56 Å². The molecule has 1 aromatic carbocycles. The lowest BCUT2D eigenvalue weighted by atomic mass is 9.97. The van der Waals surface area contributed by atoms with Crippen molar-refractivity contribution in [3.63, 3.8) is 0 Å². The molecule has 2 N–H and O–H groups in total. The summed E-state index contributed by atoms with van der Waals surface area (Å²) in [6.07, 6.45) is 7.19. The van der Waals surface area contributed by atoms with Gasteiger partial charge in [0.2, 0.25) is 0 Å². The van der Waals surface area contributed by atoms with E-state index in [2.05, 4.69) is 29.5 Å². The highest BCUT2D eigenvalue weighted by molar-refractivity contribution is 5.91. The van der Waals surface area contributed by atoms with Gasteiger partial charge >= 0.3 is 5.97 Å². The van der Waals surface area contributed by atoms with Crippen molar-refractivity contribution in [2.24, 2.45) is 0 Å². The monoisotopic (exact) mass is 268 g/mol. The number of hydrazine groups is 1. The molecule has 0 aromatic heterocycles. The van der Waals surface area contributed by atoms with Gasteiger partial charge in [-0.3, -0.25) is 0 Å². The van der Waals surface area contributed by atoms with Crippen molar-refractivity contribution in [1.29, 1.82) is 0 Å². The minimum Gasteiger partial charge on any atom is -0.478 e. The minimum absolute atomic E-state index is 0.0771. The second-order valence-electron chi connectivity index (χ2n) is 4.98. The molecule has 2 aliphatic rings. The maximum Gasteiger partial charge on any atom is 0.335 e. The van der Waals surface area contributed by atoms with Gasteiger partial charge in [0, 0.05) is 6.20 Å². The van der Waals surface area contributed by atoms with E-state index in [0.717, 1.165) is 5.57 Å². The Hall–Kier alpha value is -2.33. The van der Waals surface area contributed by atoms with E-state index in [9.17, 15) is 4.79 Å². The van der Waals surface area contributed by atoms with Crippen LogP contribution in [0, 0.1) is 0 Å². The van der Waals surface area contributed by atoms with Gasteiger partial charge < -0.3 is 10.5 Å². The van der Waals surface area contributed by atoms with Crippen molar-refractivity contribution in [2.75, 3.05) is 0 Å². The predicted molar refractivity (Wildman–Crippen MR) is 76.6 cm³/mol. The fourth-order valence-corrected chi connectivity index (χ4v) is 2.61. The van der Waals surface area contributed by atoms with Crippen LogP contribution in [0.15, 0.2) is 65.9 Å². The molecule has 2 unspecified atom stereocenters. The van der Waals surface area contributed by atoms with E-state index in [4.69, 9.17) is 5.11 Å². The lowest BCUT2D eigenvalue weighted by molar-refractivity contribution is -0.132. The lowest BCUT2D eigenvalue weighted by Crippen LogP contribution is -2.39. The molecule has 0 amide bonds. The SMILES string of the molecule is CC(c1ccccc1)N1NC=C2C=C(C(=O)O)C=CC21. The van der Waals surface area contributed by atoms with E-state index >= 15 is 0 Å². The molecule has 4 heteroatoms. The first-order chi connectivity index (χ1) is 9.66. The summed E-state index contributed by atoms with van der Waals surface area (Å²) in [5, 5.41) is 11.2. The molecule has 1 aliphatic carbocycles. The molecule has 3 rings (SSSR count). The number of aliphatic carboxylic acids is 1. The third-order valence-electron chi connectivity index (χ3n) is 3.75. The van der Waals surface area contributed by atoms with E-state index < -0.39 is 5.97 Å². The smallest absolute Gasteiger partial charge is 0.335 e. The Bertz CT molecular complexity index is 617. The van der Waals surface area contributed by atoms with Gasteiger partial charge in [0.15, 0.2) is 0 Å². The van der Waals surface area contributed by atoms with Crippen LogP contribution in [-0.2, 0) is 4.79 Å². The molecule has 1 aromatic rings. The van der Waals surface area contributed by atoms with Gasteiger partial charge in [-0.1, -0.05) is 36.4 Å². The third-order valence-corrected chi connectivity index (χ3v) is 3.75. The van der Waals surface area contributed by atoms with Crippen LogP contribution in [0.1, 0.15) is 18.5 Å². The number of carbonyl (C=O) groups is 1. The third kappa shape index (κ3) is 2.14. The molecule has 1 aliphatic heterocycles. The molecule has 4 nitrogen and oxygen atoms in total. The molecular formula is C16H16N2O2. The van der Waals surface area contributed by atoms with Crippen molar-refractivity contribution in [2.45, 2.75) is 19.0 Å². The van der Waals surface area contributed by atoms with Crippen LogP contribution < -0.4 is 5.43 Å². The second-order valence-corrected chi connectivity index (χ2v) is 4.98. The first kappa shape index (κ1) is 12.7. The van der Waals surface area contributed by atoms with Crippen LogP contribution in [0.4, 0.5) is 0 Å². The maximum absolute atomic E-state index is 11.0. The molecule has 20 heavy (non-hydrogen) atoms. The van der Waals surface area contributed by atoms with Crippen molar-refractivity contribution in [1.82, 2.24) is 10.4 Å². The summed E-state index contributed by atoms with van der Waals surface area (Å²) in [5.74, 6) is -0.893. The van der Waals surface area contributed by atoms with Crippen LogP contribution in [0.25, 0.3) is 0 Å². The van der Waals surface area contributed by atoms with E-state index in [0.29, 0.717) is 5.57 Å². The van der Waals surface area contributed by atoms with E-state index in [1.807, 2.05) is 30.5 Å². The van der Waals surface area contributed by atoms with Gasteiger partial charge in [0.25, 0.3) is 0 Å². The molecule has 102 valence electrons. The highest BCUT2D eigenvalue weighted by atomic mass is 16.4. The van der Waals surface area contributed by atoms with Crippen LogP contribution in [-0.4, -0.2) is 22.1 Å². The van der Waals surface area contributed by atoms with Crippen molar-refractivity contribution >= 4 is 5.97 Å². The largest absolute Gasteiger partial charge is 0.478 e. The normalized spacial score (nSPS) is 22.6. The number of hydrogen-bond donors (Lipinski definition) is 2. The number of fused-ring (bicyclic) bond motifs is 1. The Balaban J connectivity index is 1.81. The topological polar surface area (TPSA) is 52.6 Å². The fourth-order valence-electron chi connectivity index (χ4n) is 2.61. The molecule has 0 saturated heterocycles. The maximum atomic E-state index is 11.0. The van der Waals surface area contributed by atoms with Crippen LogP contribution in [0.3, 0.4) is 0 Å². The van der Waals surface area contributed by atoms with Gasteiger partial charge in [-0.15, -0.1) is 0 Å². The first-order valence-corrected chi connectivity index (χ1v) is 6.59. The summed E-state index contributed by atoms with van der Waals surface area (Å²) in [4.78, 5) is 11.0. The highest BCUT2D eigenvalue weighted by Gasteiger charge is 2.31. The average molecular weight is 268 g/mol. The second kappa shape index (κ2) is 4.98. The number of benzene rings is 1. The van der Waals surface area contributed by atoms with Gasteiger partial charge in [-0.05, 0) is 30.2 Å². The molecule has 0 bridgehead atoms. The van der Waals surface area contributed by atoms with Gasteiger partial charge in [0.1, 0.15) is 0 Å². The molecule has 0 spiro atoms. The molecule has 0 saturated carbocycles. The molecule has 1 heterocycles.